The van der Waals surface area contributed by atoms with Crippen molar-refractivity contribution in [3.05, 3.63) is 20.2 Å². The van der Waals surface area contributed by atoms with Crippen LogP contribution < -0.4 is 5.32 Å². The molecule has 2 aromatic rings. The van der Waals surface area contributed by atoms with Crippen molar-refractivity contribution < 1.29 is 4.42 Å². The molecule has 6 heteroatoms. The van der Waals surface area contributed by atoms with Gasteiger partial charge in [-0.15, -0.1) is 21.5 Å². The van der Waals surface area contributed by atoms with E-state index in [2.05, 4.69) is 58.0 Å². The normalized spacial score (nSPS) is 11.3. The van der Waals surface area contributed by atoms with Gasteiger partial charge in [-0.05, 0) is 41.6 Å². The van der Waals surface area contributed by atoms with Crippen molar-refractivity contribution in [2.45, 2.75) is 32.7 Å². The van der Waals surface area contributed by atoms with Gasteiger partial charge in [0.05, 0.1) is 8.45 Å². The van der Waals surface area contributed by atoms with Crippen molar-refractivity contribution in [3.8, 4) is 11.5 Å². The Morgan fingerprint density at radius 3 is 2.94 bits per heavy atom. The third-order valence-corrected chi connectivity index (χ3v) is 4.19. The van der Waals surface area contributed by atoms with Crippen molar-refractivity contribution in [2.24, 2.45) is 0 Å². The highest BCUT2D eigenvalue weighted by Gasteiger charge is 2.09. The van der Waals surface area contributed by atoms with E-state index in [-0.39, 0.29) is 0 Å². The summed E-state index contributed by atoms with van der Waals surface area (Å²) in [5, 5.41) is 13.6. The van der Waals surface area contributed by atoms with Gasteiger partial charge in [0.15, 0.2) is 0 Å². The summed E-state index contributed by atoms with van der Waals surface area (Å²) in [6, 6.07) is 2.58. The smallest absolute Gasteiger partial charge is 0.248 e. The standard InChI is InChI=1S/C12H16IN3OS/c1-8(2)14-5-3-4-11-15-16-12(17-11)9-6-10(13)18-7-9/h6-8,14H,3-5H2,1-2H3. The van der Waals surface area contributed by atoms with Gasteiger partial charge in [-0.2, -0.15) is 0 Å². The Balaban J connectivity index is 1.86. The number of hydrogen-bond donors (Lipinski definition) is 1. The number of nitrogens with zero attached hydrogens (tertiary/aromatic N) is 2. The molecule has 0 radical (unpaired) electrons. The SMILES string of the molecule is CC(C)NCCCc1nnc(-c2csc(I)c2)o1. The molecule has 98 valence electrons. The molecular weight excluding hydrogens is 361 g/mol. The summed E-state index contributed by atoms with van der Waals surface area (Å²) in [6.45, 7) is 5.26. The van der Waals surface area contributed by atoms with Crippen molar-refractivity contribution >= 4 is 33.9 Å². The molecule has 2 rings (SSSR count). The van der Waals surface area contributed by atoms with Crippen molar-refractivity contribution in [1.82, 2.24) is 15.5 Å². The molecule has 0 amide bonds. The van der Waals surface area contributed by atoms with Crippen molar-refractivity contribution in [3.63, 3.8) is 0 Å². The second-order valence-corrected chi connectivity index (χ2v) is 7.16. The fourth-order valence-electron chi connectivity index (χ4n) is 1.52. The van der Waals surface area contributed by atoms with Crippen LogP contribution in [0.1, 0.15) is 26.2 Å². The highest BCUT2D eigenvalue weighted by atomic mass is 127. The number of hydrogen-bond acceptors (Lipinski definition) is 5. The third kappa shape index (κ3) is 4.03. The second-order valence-electron chi connectivity index (χ2n) is 4.35. The Morgan fingerprint density at radius 1 is 1.44 bits per heavy atom. The van der Waals surface area contributed by atoms with Gasteiger partial charge in [-0.25, -0.2) is 0 Å². The lowest BCUT2D eigenvalue weighted by atomic mass is 10.3. The third-order valence-electron chi connectivity index (χ3n) is 2.40. The Labute approximate surface area is 124 Å². The molecule has 0 fully saturated rings. The quantitative estimate of drug-likeness (QED) is 0.620. The summed E-state index contributed by atoms with van der Waals surface area (Å²) in [4.78, 5) is 0. The van der Waals surface area contributed by atoms with Gasteiger partial charge >= 0.3 is 0 Å². The molecule has 2 heterocycles. The van der Waals surface area contributed by atoms with E-state index in [0.717, 1.165) is 30.8 Å². The molecule has 2 aromatic heterocycles. The van der Waals surface area contributed by atoms with Crippen LogP contribution in [0.3, 0.4) is 0 Å². The number of thiophene rings is 1. The fourth-order valence-corrected chi connectivity index (χ4v) is 2.84. The topological polar surface area (TPSA) is 51.0 Å². The predicted octanol–water partition coefficient (Wildman–Crippen LogP) is 3.33. The van der Waals surface area contributed by atoms with Crippen LogP contribution >= 0.6 is 33.9 Å². The van der Waals surface area contributed by atoms with Crippen LogP contribution in [-0.4, -0.2) is 22.8 Å². The maximum absolute atomic E-state index is 5.64. The molecule has 0 saturated heterocycles. The van der Waals surface area contributed by atoms with Gasteiger partial charge in [-0.1, -0.05) is 13.8 Å². The predicted molar refractivity (Wildman–Crippen MR) is 81.8 cm³/mol. The first-order valence-electron chi connectivity index (χ1n) is 5.95. The maximum atomic E-state index is 5.64. The summed E-state index contributed by atoms with van der Waals surface area (Å²) >= 11 is 3.97. The van der Waals surface area contributed by atoms with Gasteiger partial charge in [0.25, 0.3) is 0 Å². The average molecular weight is 377 g/mol. The van der Waals surface area contributed by atoms with E-state index >= 15 is 0 Å². The zero-order valence-electron chi connectivity index (χ0n) is 10.4. The number of halogens is 1. The maximum Gasteiger partial charge on any atom is 0.248 e. The molecule has 0 bridgehead atoms. The van der Waals surface area contributed by atoms with E-state index in [0.29, 0.717) is 11.9 Å². The first kappa shape index (κ1) is 14.0. The summed E-state index contributed by atoms with van der Waals surface area (Å²) in [7, 11) is 0. The van der Waals surface area contributed by atoms with E-state index in [1.54, 1.807) is 11.3 Å². The van der Waals surface area contributed by atoms with Crippen molar-refractivity contribution in [1.29, 1.82) is 0 Å². The number of rotatable bonds is 6. The highest BCUT2D eigenvalue weighted by molar-refractivity contribution is 14.1. The minimum Gasteiger partial charge on any atom is -0.421 e. The number of aromatic nitrogens is 2. The Kier molecular flexibility index (Phi) is 5.13. The molecule has 0 saturated carbocycles. The minimum absolute atomic E-state index is 0.524. The zero-order valence-corrected chi connectivity index (χ0v) is 13.4. The number of aryl methyl sites for hydroxylation is 1. The molecule has 18 heavy (non-hydrogen) atoms. The summed E-state index contributed by atoms with van der Waals surface area (Å²) in [5.74, 6) is 1.35. The Bertz CT molecular complexity index is 495. The monoisotopic (exact) mass is 377 g/mol. The Morgan fingerprint density at radius 2 is 2.28 bits per heavy atom. The van der Waals surface area contributed by atoms with Crippen LogP contribution in [-0.2, 0) is 6.42 Å². The highest BCUT2D eigenvalue weighted by Crippen LogP contribution is 2.25. The second kappa shape index (κ2) is 6.63. The lowest BCUT2D eigenvalue weighted by Gasteiger charge is -2.05. The molecular formula is C12H16IN3OS. The summed E-state index contributed by atoms with van der Waals surface area (Å²) in [5.41, 5.74) is 1.02. The lowest BCUT2D eigenvalue weighted by molar-refractivity contribution is 0.484. The van der Waals surface area contributed by atoms with Gasteiger partial charge < -0.3 is 9.73 Å². The molecule has 0 unspecified atom stereocenters. The van der Waals surface area contributed by atoms with Gasteiger partial charge in [0.1, 0.15) is 0 Å². The molecule has 0 aliphatic rings. The molecule has 0 aliphatic heterocycles. The average Bonchev–Trinajstić information content (AvgIpc) is 2.93. The first-order valence-corrected chi connectivity index (χ1v) is 7.91. The lowest BCUT2D eigenvalue weighted by Crippen LogP contribution is -2.23. The van der Waals surface area contributed by atoms with Crippen LogP contribution in [0.15, 0.2) is 15.9 Å². The van der Waals surface area contributed by atoms with Crippen LogP contribution in [0.4, 0.5) is 0 Å². The molecule has 0 aliphatic carbocycles. The molecule has 4 nitrogen and oxygen atoms in total. The fraction of sp³-hybridized carbons (Fsp3) is 0.500. The van der Waals surface area contributed by atoms with Crippen LogP contribution in [0.2, 0.25) is 0 Å². The van der Waals surface area contributed by atoms with E-state index in [9.17, 15) is 0 Å². The number of nitrogens with one attached hydrogen (secondary N) is 1. The first-order chi connectivity index (χ1) is 8.65. The van der Waals surface area contributed by atoms with Crippen LogP contribution in [0.25, 0.3) is 11.5 Å². The van der Waals surface area contributed by atoms with Crippen LogP contribution in [0, 0.1) is 2.88 Å². The summed E-state index contributed by atoms with van der Waals surface area (Å²) in [6.07, 6.45) is 1.84. The minimum atomic E-state index is 0.524. The van der Waals surface area contributed by atoms with E-state index < -0.39 is 0 Å². The molecule has 0 atom stereocenters. The van der Waals surface area contributed by atoms with Gasteiger partial charge in [0.2, 0.25) is 11.8 Å². The summed E-state index contributed by atoms with van der Waals surface area (Å²) < 4.78 is 6.87. The largest absolute Gasteiger partial charge is 0.421 e. The van der Waals surface area contributed by atoms with E-state index in [1.807, 2.05) is 5.38 Å². The van der Waals surface area contributed by atoms with Gasteiger partial charge in [-0.3, -0.25) is 0 Å². The van der Waals surface area contributed by atoms with E-state index in [4.69, 9.17) is 4.42 Å². The van der Waals surface area contributed by atoms with Crippen LogP contribution in [0.5, 0.6) is 0 Å². The van der Waals surface area contributed by atoms with E-state index in [1.165, 1.54) is 2.88 Å². The molecule has 0 aromatic carbocycles. The Hall–Kier alpha value is -0.470. The molecule has 1 N–H and O–H groups in total. The van der Waals surface area contributed by atoms with Crippen molar-refractivity contribution in [2.75, 3.05) is 6.54 Å². The molecule has 0 spiro atoms. The zero-order chi connectivity index (χ0) is 13.0. The van der Waals surface area contributed by atoms with Gasteiger partial charge in [0, 0.05) is 17.8 Å².